The number of nitrogens with one attached hydrogen (secondary N) is 2. The first kappa shape index (κ1) is 21.0. The number of carbonyl (C=O) groups is 1. The van der Waals surface area contributed by atoms with Crippen LogP contribution >= 0.6 is 0 Å². The third-order valence-electron chi connectivity index (χ3n) is 4.52. The van der Waals surface area contributed by atoms with Crippen molar-refractivity contribution in [3.63, 3.8) is 0 Å². The second-order valence-corrected chi connectivity index (χ2v) is 8.40. The molecule has 2 aromatic rings. The average Bonchev–Trinajstić information content (AvgIpc) is 2.60. The molecule has 0 spiro atoms. The van der Waals surface area contributed by atoms with E-state index in [1.54, 1.807) is 6.92 Å². The summed E-state index contributed by atoms with van der Waals surface area (Å²) in [5, 5.41) is 3.00. The minimum atomic E-state index is -0.544. The molecule has 27 heavy (non-hydrogen) atoms. The summed E-state index contributed by atoms with van der Waals surface area (Å²) < 4.78 is 5.81. The van der Waals surface area contributed by atoms with Crippen LogP contribution in [0.15, 0.2) is 48.5 Å². The third-order valence-corrected chi connectivity index (χ3v) is 4.52. The summed E-state index contributed by atoms with van der Waals surface area (Å²) >= 11 is 0. The lowest BCUT2D eigenvalue weighted by Crippen LogP contribution is -3.04. The van der Waals surface area contributed by atoms with Gasteiger partial charge in [0.15, 0.2) is 6.10 Å². The van der Waals surface area contributed by atoms with Gasteiger partial charge in [0.2, 0.25) is 0 Å². The molecule has 146 valence electrons. The quantitative estimate of drug-likeness (QED) is 0.788. The maximum absolute atomic E-state index is 12.4. The Bertz CT molecular complexity index is 746. The maximum Gasteiger partial charge on any atom is 0.261 e. The van der Waals surface area contributed by atoms with E-state index in [2.05, 4.69) is 64.4 Å². The molecule has 0 fully saturated rings. The van der Waals surface area contributed by atoms with Gasteiger partial charge in [-0.2, -0.15) is 0 Å². The molecule has 0 aliphatic rings. The van der Waals surface area contributed by atoms with Gasteiger partial charge in [-0.25, -0.2) is 0 Å². The summed E-state index contributed by atoms with van der Waals surface area (Å²) in [5.41, 5.74) is 3.74. The molecule has 0 bridgehead atoms. The molecule has 4 nitrogen and oxygen atoms in total. The summed E-state index contributed by atoms with van der Waals surface area (Å²) in [4.78, 5) is 13.8. The molecular formula is C23H33N2O2+. The topological polar surface area (TPSA) is 42.8 Å². The van der Waals surface area contributed by atoms with Crippen molar-refractivity contribution in [1.29, 1.82) is 0 Å². The van der Waals surface area contributed by atoms with E-state index < -0.39 is 6.10 Å². The number of carbonyl (C=O) groups excluding carboxylic acids is 1. The number of benzene rings is 2. The molecule has 1 amide bonds. The number of ether oxygens (including phenoxy) is 1. The van der Waals surface area contributed by atoms with Gasteiger partial charge in [-0.3, -0.25) is 4.79 Å². The van der Waals surface area contributed by atoms with E-state index in [0.717, 1.165) is 12.1 Å². The summed E-state index contributed by atoms with van der Waals surface area (Å²) in [7, 11) is 4.24. The molecule has 2 rings (SSSR count). The molecule has 2 aromatic carbocycles. The Kier molecular flexibility index (Phi) is 7.03. The van der Waals surface area contributed by atoms with Gasteiger partial charge >= 0.3 is 0 Å². The van der Waals surface area contributed by atoms with Crippen molar-refractivity contribution in [3.8, 4) is 5.75 Å². The molecule has 0 unspecified atom stereocenters. The van der Waals surface area contributed by atoms with Crippen LogP contribution < -0.4 is 15.0 Å². The lowest BCUT2D eigenvalue weighted by Gasteiger charge is -2.20. The molecular weight excluding hydrogens is 336 g/mol. The molecule has 1 atom stereocenters. The number of amides is 1. The van der Waals surface area contributed by atoms with Crippen LogP contribution in [0.4, 0.5) is 0 Å². The van der Waals surface area contributed by atoms with Crippen molar-refractivity contribution in [1.82, 2.24) is 5.32 Å². The van der Waals surface area contributed by atoms with Crippen LogP contribution in [0.25, 0.3) is 0 Å². The van der Waals surface area contributed by atoms with Crippen LogP contribution in [0.2, 0.25) is 0 Å². The zero-order valence-electron chi connectivity index (χ0n) is 17.4. The van der Waals surface area contributed by atoms with Crippen molar-refractivity contribution in [2.24, 2.45) is 0 Å². The van der Waals surface area contributed by atoms with E-state index in [1.165, 1.54) is 16.0 Å². The first-order valence-corrected chi connectivity index (χ1v) is 9.57. The second kappa shape index (κ2) is 9.05. The minimum Gasteiger partial charge on any atom is -0.481 e. The van der Waals surface area contributed by atoms with Gasteiger partial charge in [-0.05, 0) is 35.6 Å². The highest BCUT2D eigenvalue weighted by Crippen LogP contribution is 2.24. The van der Waals surface area contributed by atoms with Crippen molar-refractivity contribution >= 4 is 5.91 Å². The lowest BCUT2D eigenvalue weighted by molar-refractivity contribution is -0.872. The highest BCUT2D eigenvalue weighted by molar-refractivity contribution is 5.80. The van der Waals surface area contributed by atoms with E-state index in [0.29, 0.717) is 12.3 Å². The minimum absolute atomic E-state index is 0.100. The molecule has 0 aromatic heterocycles. The number of rotatable bonds is 7. The molecule has 0 heterocycles. The fourth-order valence-corrected chi connectivity index (χ4v) is 2.90. The Morgan fingerprint density at radius 3 is 2.19 bits per heavy atom. The normalized spacial score (nSPS) is 12.7. The predicted molar refractivity (Wildman–Crippen MR) is 110 cm³/mol. The van der Waals surface area contributed by atoms with Crippen molar-refractivity contribution in [2.45, 2.75) is 52.3 Å². The van der Waals surface area contributed by atoms with E-state index in [9.17, 15) is 4.79 Å². The van der Waals surface area contributed by atoms with Gasteiger partial charge in [0, 0.05) is 12.1 Å². The van der Waals surface area contributed by atoms with Crippen LogP contribution in [0, 0.1) is 0 Å². The number of quaternary nitrogens is 1. The Labute approximate surface area is 163 Å². The fraction of sp³-hybridized carbons (Fsp3) is 0.435. The third kappa shape index (κ3) is 6.40. The first-order chi connectivity index (χ1) is 12.7. The standard InChI is InChI=1S/C23H32N2O2/c1-17(27-21-13-11-20(12-14-21)23(2,3)4)22(26)24-15-18-9-7-8-10-19(18)16-25(5)6/h7-14,17H,15-16H2,1-6H3,(H,24,26)/p+1/t17-/m0/s1. The zero-order valence-corrected chi connectivity index (χ0v) is 17.4. The van der Waals surface area contributed by atoms with Crippen LogP contribution in [0.5, 0.6) is 5.75 Å². The smallest absolute Gasteiger partial charge is 0.261 e. The monoisotopic (exact) mass is 369 g/mol. The Morgan fingerprint density at radius 2 is 1.63 bits per heavy atom. The highest BCUT2D eigenvalue weighted by Gasteiger charge is 2.17. The molecule has 0 radical (unpaired) electrons. The molecule has 2 N–H and O–H groups in total. The van der Waals surface area contributed by atoms with Gasteiger partial charge in [-0.15, -0.1) is 0 Å². The molecule has 4 heteroatoms. The van der Waals surface area contributed by atoms with Gasteiger partial charge in [0.25, 0.3) is 5.91 Å². The van der Waals surface area contributed by atoms with Gasteiger partial charge in [0.1, 0.15) is 12.3 Å². The molecule has 0 aliphatic heterocycles. The van der Waals surface area contributed by atoms with E-state index in [1.807, 2.05) is 24.3 Å². The Morgan fingerprint density at radius 1 is 1.04 bits per heavy atom. The van der Waals surface area contributed by atoms with Crippen molar-refractivity contribution in [3.05, 3.63) is 65.2 Å². The largest absolute Gasteiger partial charge is 0.481 e. The summed E-state index contributed by atoms with van der Waals surface area (Å²) in [5.74, 6) is 0.601. The average molecular weight is 370 g/mol. The summed E-state index contributed by atoms with van der Waals surface area (Å²) in [6.45, 7) is 9.75. The zero-order chi connectivity index (χ0) is 20.0. The van der Waals surface area contributed by atoms with Crippen LogP contribution in [0.3, 0.4) is 0 Å². The maximum atomic E-state index is 12.4. The predicted octanol–water partition coefficient (Wildman–Crippen LogP) is 2.71. The van der Waals surface area contributed by atoms with Gasteiger partial charge in [-0.1, -0.05) is 57.2 Å². The Balaban J connectivity index is 1.93. The lowest BCUT2D eigenvalue weighted by atomic mass is 9.87. The summed E-state index contributed by atoms with van der Waals surface area (Å²) in [6, 6.07) is 16.2. The van der Waals surface area contributed by atoms with Gasteiger partial charge in [0.05, 0.1) is 14.1 Å². The summed E-state index contributed by atoms with van der Waals surface area (Å²) in [6.07, 6.45) is -0.544. The SMILES string of the molecule is C[C@H](Oc1ccc(C(C)(C)C)cc1)C(=O)NCc1ccccc1C[NH+](C)C. The van der Waals surface area contributed by atoms with Crippen molar-refractivity contribution < 1.29 is 14.4 Å². The van der Waals surface area contributed by atoms with Crippen LogP contribution in [0.1, 0.15) is 44.4 Å². The molecule has 0 aliphatic carbocycles. The fourth-order valence-electron chi connectivity index (χ4n) is 2.90. The van der Waals surface area contributed by atoms with E-state index in [4.69, 9.17) is 4.74 Å². The van der Waals surface area contributed by atoms with Crippen LogP contribution in [-0.2, 0) is 23.3 Å². The first-order valence-electron chi connectivity index (χ1n) is 9.57. The molecule has 0 saturated carbocycles. The highest BCUT2D eigenvalue weighted by atomic mass is 16.5. The Hall–Kier alpha value is -2.33. The second-order valence-electron chi connectivity index (χ2n) is 8.40. The van der Waals surface area contributed by atoms with Gasteiger partial charge < -0.3 is 15.0 Å². The van der Waals surface area contributed by atoms with E-state index >= 15 is 0 Å². The van der Waals surface area contributed by atoms with Crippen molar-refractivity contribution in [2.75, 3.05) is 14.1 Å². The van der Waals surface area contributed by atoms with Crippen LogP contribution in [-0.4, -0.2) is 26.1 Å². The number of hydrogen-bond acceptors (Lipinski definition) is 2. The number of hydrogen-bond donors (Lipinski definition) is 2. The van der Waals surface area contributed by atoms with E-state index in [-0.39, 0.29) is 11.3 Å². The molecule has 0 saturated heterocycles.